The maximum atomic E-state index is 14.2. The molecule has 1 fully saturated rings. The lowest BCUT2D eigenvalue weighted by Gasteiger charge is -2.26. The van der Waals surface area contributed by atoms with Crippen molar-refractivity contribution in [2.45, 2.75) is 25.3 Å². The first kappa shape index (κ1) is 15.6. The maximum Gasteiger partial charge on any atom is 0.132 e. The molecular formula is C19H18FN5O. The molecule has 0 bridgehead atoms. The highest BCUT2D eigenvalue weighted by molar-refractivity contribution is 5.62. The molecule has 3 aromatic rings. The van der Waals surface area contributed by atoms with Crippen LogP contribution < -0.4 is 0 Å². The van der Waals surface area contributed by atoms with Gasteiger partial charge in [-0.05, 0) is 29.8 Å². The number of pyridine rings is 1. The predicted octanol–water partition coefficient (Wildman–Crippen LogP) is 2.43. The number of nitrogens with zero attached hydrogens (tertiary/aromatic N) is 5. The minimum Gasteiger partial charge on any atom is -0.368 e. The number of halogens is 1. The van der Waals surface area contributed by atoms with E-state index in [1.165, 1.54) is 11.6 Å². The van der Waals surface area contributed by atoms with Gasteiger partial charge in [-0.15, -0.1) is 5.10 Å². The summed E-state index contributed by atoms with van der Waals surface area (Å²) in [5.74, 6) is -0.288. The van der Waals surface area contributed by atoms with Crippen LogP contribution in [0.4, 0.5) is 4.39 Å². The van der Waals surface area contributed by atoms with Crippen LogP contribution in [0.5, 0.6) is 0 Å². The molecule has 1 saturated heterocycles. The van der Waals surface area contributed by atoms with Crippen LogP contribution in [0.2, 0.25) is 0 Å². The number of hydrogen-bond acceptors (Lipinski definition) is 5. The van der Waals surface area contributed by atoms with E-state index < -0.39 is 0 Å². The molecule has 0 unspecified atom stereocenters. The molecule has 2 aromatic heterocycles. The lowest BCUT2D eigenvalue weighted by Crippen LogP contribution is -2.32. The highest BCUT2D eigenvalue weighted by Crippen LogP contribution is 2.35. The monoisotopic (exact) mass is 351 g/mol. The van der Waals surface area contributed by atoms with Gasteiger partial charge >= 0.3 is 0 Å². The van der Waals surface area contributed by atoms with E-state index in [1.807, 2.05) is 35.3 Å². The largest absolute Gasteiger partial charge is 0.368 e. The highest BCUT2D eigenvalue weighted by Gasteiger charge is 2.40. The Morgan fingerprint density at radius 2 is 1.96 bits per heavy atom. The second-order valence-corrected chi connectivity index (χ2v) is 6.78. The van der Waals surface area contributed by atoms with Crippen LogP contribution in [0.3, 0.4) is 0 Å². The van der Waals surface area contributed by atoms with E-state index in [-0.39, 0.29) is 18.0 Å². The molecule has 0 amide bonds. The Labute approximate surface area is 150 Å². The van der Waals surface area contributed by atoms with Crippen molar-refractivity contribution in [3.8, 4) is 11.3 Å². The van der Waals surface area contributed by atoms with Gasteiger partial charge < -0.3 is 4.74 Å². The normalized spacial score (nSPS) is 22.2. The minimum absolute atomic E-state index is 0.0829. The van der Waals surface area contributed by atoms with E-state index in [1.54, 1.807) is 12.1 Å². The van der Waals surface area contributed by atoms with Crippen LogP contribution in [0, 0.1) is 5.82 Å². The van der Waals surface area contributed by atoms with E-state index in [4.69, 9.17) is 4.74 Å². The molecule has 26 heavy (non-hydrogen) atoms. The quantitative estimate of drug-likeness (QED) is 0.725. The molecule has 1 aromatic carbocycles. The molecule has 0 aliphatic carbocycles. The van der Waals surface area contributed by atoms with Crippen LogP contribution in [0.1, 0.15) is 17.3 Å². The Morgan fingerprint density at radius 3 is 2.81 bits per heavy atom. The molecule has 7 heteroatoms. The molecule has 132 valence electrons. The van der Waals surface area contributed by atoms with Crippen LogP contribution in [0.25, 0.3) is 11.3 Å². The third-order valence-electron chi connectivity index (χ3n) is 5.14. The molecule has 5 rings (SSSR count). The molecule has 0 N–H and O–H groups in total. The number of fused-ring (bicyclic) bond motifs is 3. The van der Waals surface area contributed by atoms with Crippen molar-refractivity contribution < 1.29 is 9.13 Å². The molecule has 2 atom stereocenters. The fourth-order valence-electron chi connectivity index (χ4n) is 3.87. The van der Waals surface area contributed by atoms with Gasteiger partial charge in [-0.1, -0.05) is 17.3 Å². The third-order valence-corrected chi connectivity index (χ3v) is 5.14. The number of hydrogen-bond donors (Lipinski definition) is 0. The van der Waals surface area contributed by atoms with Gasteiger partial charge in [0.15, 0.2) is 0 Å². The first-order valence-corrected chi connectivity index (χ1v) is 8.71. The van der Waals surface area contributed by atoms with Crippen LogP contribution in [0.15, 0.2) is 48.8 Å². The summed E-state index contributed by atoms with van der Waals surface area (Å²) in [4.78, 5) is 6.42. The van der Waals surface area contributed by atoms with Gasteiger partial charge in [-0.3, -0.25) is 9.88 Å². The standard InChI is InChI=1S/C19H18FN5O/c20-15-4-2-1-3-14(15)19-17-12-26-18-11-24(9-13-5-7-21-8-6-13)10-16(18)25(17)23-22-19/h1-8,16,18H,9-12H2/t16-,18-/m0/s1. The Bertz CT molecular complexity index is 929. The zero-order valence-corrected chi connectivity index (χ0v) is 14.1. The topological polar surface area (TPSA) is 56.1 Å². The number of rotatable bonds is 3. The number of ether oxygens (including phenoxy) is 1. The van der Waals surface area contributed by atoms with Crippen LogP contribution in [-0.2, 0) is 17.9 Å². The first-order valence-electron chi connectivity index (χ1n) is 8.71. The van der Waals surface area contributed by atoms with Crippen molar-refractivity contribution in [3.63, 3.8) is 0 Å². The van der Waals surface area contributed by atoms with Gasteiger partial charge in [-0.25, -0.2) is 9.07 Å². The summed E-state index contributed by atoms with van der Waals surface area (Å²) < 4.78 is 22.2. The molecular weight excluding hydrogens is 333 g/mol. The van der Waals surface area contributed by atoms with Gasteiger partial charge in [0.25, 0.3) is 0 Å². The molecule has 6 nitrogen and oxygen atoms in total. The van der Waals surface area contributed by atoms with Crippen molar-refractivity contribution in [1.82, 2.24) is 24.9 Å². The molecule has 0 saturated carbocycles. The Morgan fingerprint density at radius 1 is 1.12 bits per heavy atom. The Kier molecular flexibility index (Phi) is 3.76. The summed E-state index contributed by atoms with van der Waals surface area (Å²) in [5.41, 5.74) is 3.13. The van der Waals surface area contributed by atoms with Gasteiger partial charge in [0.2, 0.25) is 0 Å². The van der Waals surface area contributed by atoms with Gasteiger partial charge in [0.1, 0.15) is 11.5 Å². The fourth-order valence-corrected chi connectivity index (χ4v) is 3.87. The lowest BCUT2D eigenvalue weighted by atomic mass is 10.1. The van der Waals surface area contributed by atoms with E-state index in [0.717, 1.165) is 25.3 Å². The second-order valence-electron chi connectivity index (χ2n) is 6.78. The van der Waals surface area contributed by atoms with E-state index in [2.05, 4.69) is 20.2 Å². The lowest BCUT2D eigenvalue weighted by molar-refractivity contribution is -0.00494. The fraction of sp³-hybridized carbons (Fsp3) is 0.316. The summed E-state index contributed by atoms with van der Waals surface area (Å²) in [6.45, 7) is 2.94. The number of likely N-dealkylation sites (tertiary alicyclic amines) is 1. The molecule has 0 spiro atoms. The molecule has 2 aliphatic heterocycles. The third kappa shape index (κ3) is 2.60. The van der Waals surface area contributed by atoms with Crippen LogP contribution in [-0.4, -0.2) is 44.1 Å². The van der Waals surface area contributed by atoms with Crippen molar-refractivity contribution >= 4 is 0 Å². The zero-order chi connectivity index (χ0) is 17.5. The van der Waals surface area contributed by atoms with Crippen molar-refractivity contribution in [2.75, 3.05) is 13.1 Å². The molecule has 4 heterocycles. The van der Waals surface area contributed by atoms with Gasteiger partial charge in [0.05, 0.1) is 24.4 Å². The maximum absolute atomic E-state index is 14.2. The summed E-state index contributed by atoms with van der Waals surface area (Å²) in [7, 11) is 0. The summed E-state index contributed by atoms with van der Waals surface area (Å²) in [6.07, 6.45) is 3.70. The summed E-state index contributed by atoms with van der Waals surface area (Å²) in [6, 6.07) is 10.8. The van der Waals surface area contributed by atoms with E-state index in [0.29, 0.717) is 17.9 Å². The molecule has 2 aliphatic rings. The van der Waals surface area contributed by atoms with E-state index in [9.17, 15) is 4.39 Å². The summed E-state index contributed by atoms with van der Waals surface area (Å²) in [5, 5.41) is 8.61. The minimum atomic E-state index is -0.288. The van der Waals surface area contributed by atoms with Crippen molar-refractivity contribution in [2.24, 2.45) is 0 Å². The zero-order valence-electron chi connectivity index (χ0n) is 14.1. The van der Waals surface area contributed by atoms with Crippen molar-refractivity contribution in [1.29, 1.82) is 0 Å². The first-order chi connectivity index (χ1) is 12.8. The number of benzene rings is 1. The highest BCUT2D eigenvalue weighted by atomic mass is 19.1. The SMILES string of the molecule is Fc1ccccc1-c1nnn2c1CO[C@H]1CN(Cc3ccncc3)C[C@@H]12. The predicted molar refractivity (Wildman–Crippen MR) is 92.5 cm³/mol. The molecule has 0 radical (unpaired) electrons. The van der Waals surface area contributed by atoms with E-state index >= 15 is 0 Å². The van der Waals surface area contributed by atoms with Crippen molar-refractivity contribution in [3.05, 3.63) is 65.9 Å². The average molecular weight is 351 g/mol. The average Bonchev–Trinajstić information content (AvgIpc) is 3.26. The van der Waals surface area contributed by atoms with Gasteiger partial charge in [-0.2, -0.15) is 0 Å². The Hall–Kier alpha value is -2.64. The summed E-state index contributed by atoms with van der Waals surface area (Å²) >= 11 is 0. The smallest absolute Gasteiger partial charge is 0.132 e. The number of aromatic nitrogens is 4. The second kappa shape index (κ2) is 6.26. The van der Waals surface area contributed by atoms with Crippen LogP contribution >= 0.6 is 0 Å². The Balaban J connectivity index is 1.41. The van der Waals surface area contributed by atoms with Gasteiger partial charge in [0, 0.05) is 37.6 Å².